The van der Waals surface area contributed by atoms with Crippen LogP contribution in [0.1, 0.15) is 102 Å². The first-order valence-corrected chi connectivity index (χ1v) is 11.0. The summed E-state index contributed by atoms with van der Waals surface area (Å²) in [6.45, 7) is 2.27. The summed E-state index contributed by atoms with van der Waals surface area (Å²) < 4.78 is 0. The first-order chi connectivity index (χ1) is 13.1. The molecule has 5 heteroatoms. The van der Waals surface area contributed by atoms with E-state index in [-0.39, 0.29) is 5.95 Å². The van der Waals surface area contributed by atoms with E-state index < -0.39 is 0 Å². The molecule has 0 unspecified atom stereocenters. The van der Waals surface area contributed by atoms with E-state index in [9.17, 15) is 0 Å². The summed E-state index contributed by atoms with van der Waals surface area (Å²) in [6.07, 6.45) is 23.8. The van der Waals surface area contributed by atoms with Gasteiger partial charge in [-0.1, -0.05) is 76.9 Å². The fourth-order valence-corrected chi connectivity index (χ4v) is 3.34. The molecule has 0 atom stereocenters. The maximum Gasteiger partial charge on any atom is 0.223 e. The summed E-state index contributed by atoms with van der Waals surface area (Å²) in [4.78, 5) is 7.97. The Morgan fingerprint density at radius 1 is 0.630 bits per heavy atom. The average Bonchev–Trinajstić information content (AvgIpc) is 2.63. The molecule has 0 aliphatic rings. The lowest BCUT2D eigenvalue weighted by Gasteiger charge is -2.08. The van der Waals surface area contributed by atoms with Crippen molar-refractivity contribution in [2.24, 2.45) is 0 Å². The van der Waals surface area contributed by atoms with Gasteiger partial charge in [0, 0.05) is 5.56 Å². The lowest BCUT2D eigenvalue weighted by Crippen LogP contribution is -2.08. The van der Waals surface area contributed by atoms with Crippen LogP contribution in [-0.2, 0) is 6.42 Å². The number of allylic oxidation sites excluding steroid dienone is 2. The minimum absolute atomic E-state index is 0.148. The van der Waals surface area contributed by atoms with Crippen LogP contribution in [0.2, 0.25) is 0 Å². The van der Waals surface area contributed by atoms with Gasteiger partial charge in [-0.2, -0.15) is 9.97 Å². The molecule has 5 nitrogen and oxygen atoms in total. The van der Waals surface area contributed by atoms with E-state index >= 15 is 0 Å². The molecule has 0 amide bonds. The van der Waals surface area contributed by atoms with Gasteiger partial charge < -0.3 is 17.2 Å². The van der Waals surface area contributed by atoms with Crippen molar-refractivity contribution in [3.63, 3.8) is 0 Å². The molecule has 0 spiro atoms. The van der Waals surface area contributed by atoms with Crippen molar-refractivity contribution in [1.29, 1.82) is 0 Å². The SMILES string of the molecule is CCCCCCCCC=CCCCCCCCCc1c(N)nc(N)nc1N. The first-order valence-electron chi connectivity index (χ1n) is 11.0. The first kappa shape index (κ1) is 23.3. The zero-order chi connectivity index (χ0) is 19.7. The number of rotatable bonds is 16. The van der Waals surface area contributed by atoms with Gasteiger partial charge in [0.05, 0.1) is 0 Å². The van der Waals surface area contributed by atoms with Gasteiger partial charge in [0.25, 0.3) is 0 Å². The maximum atomic E-state index is 5.87. The van der Waals surface area contributed by atoms with E-state index in [1.807, 2.05) is 0 Å². The maximum absolute atomic E-state index is 5.87. The van der Waals surface area contributed by atoms with E-state index in [0.717, 1.165) is 18.4 Å². The molecule has 0 aromatic carbocycles. The van der Waals surface area contributed by atoms with Gasteiger partial charge in [-0.05, 0) is 38.5 Å². The molecule has 27 heavy (non-hydrogen) atoms. The summed E-state index contributed by atoms with van der Waals surface area (Å²) in [7, 11) is 0. The Kier molecular flexibility index (Phi) is 13.2. The van der Waals surface area contributed by atoms with Gasteiger partial charge in [0.2, 0.25) is 5.95 Å². The second kappa shape index (κ2) is 15.3. The molecule has 154 valence electrons. The average molecular weight is 376 g/mol. The van der Waals surface area contributed by atoms with Crippen molar-refractivity contribution < 1.29 is 0 Å². The largest absolute Gasteiger partial charge is 0.383 e. The smallest absolute Gasteiger partial charge is 0.223 e. The molecule has 1 aromatic heterocycles. The lowest BCUT2D eigenvalue weighted by molar-refractivity contribution is 0.595. The molecule has 0 aliphatic carbocycles. The Bertz CT molecular complexity index is 504. The number of anilines is 3. The number of nitrogens with two attached hydrogens (primary N) is 3. The quantitative estimate of drug-likeness (QED) is 0.250. The Balaban J connectivity index is 1.91. The molecular weight excluding hydrogens is 334 g/mol. The molecule has 0 saturated heterocycles. The summed E-state index contributed by atoms with van der Waals surface area (Å²) >= 11 is 0. The van der Waals surface area contributed by atoms with Crippen molar-refractivity contribution in [2.75, 3.05) is 17.2 Å². The molecule has 6 N–H and O–H groups in total. The Morgan fingerprint density at radius 3 is 1.59 bits per heavy atom. The highest BCUT2D eigenvalue weighted by Gasteiger charge is 2.08. The molecule has 0 aliphatic heterocycles. The highest BCUT2D eigenvalue weighted by atomic mass is 15.1. The normalized spacial score (nSPS) is 11.4. The lowest BCUT2D eigenvalue weighted by atomic mass is 10.0. The third kappa shape index (κ3) is 11.5. The van der Waals surface area contributed by atoms with Crippen LogP contribution in [0.25, 0.3) is 0 Å². The van der Waals surface area contributed by atoms with Gasteiger partial charge in [0.1, 0.15) is 11.6 Å². The van der Waals surface area contributed by atoms with Gasteiger partial charge in [-0.25, -0.2) is 0 Å². The van der Waals surface area contributed by atoms with Crippen LogP contribution >= 0.6 is 0 Å². The number of nitrogen functional groups attached to an aromatic ring is 3. The Labute approximate surface area is 166 Å². The van der Waals surface area contributed by atoms with Gasteiger partial charge in [-0.15, -0.1) is 0 Å². The van der Waals surface area contributed by atoms with Crippen LogP contribution < -0.4 is 17.2 Å². The summed E-state index contributed by atoms with van der Waals surface area (Å²) in [5.41, 5.74) is 18.1. The standard InChI is InChI=1S/C22H41N5/c1-2-3-4-5-6-7-8-9-10-11-12-13-14-15-16-17-18-19-20(23)26-22(25)27-21(19)24/h9-10H,2-8,11-18H2,1H3,(H6,23,24,25,26,27). The number of nitrogens with zero attached hydrogens (tertiary/aromatic N) is 2. The zero-order valence-electron chi connectivity index (χ0n) is 17.4. The van der Waals surface area contributed by atoms with Crippen LogP contribution in [0.3, 0.4) is 0 Å². The molecule has 1 rings (SSSR count). The number of hydrogen-bond donors (Lipinski definition) is 3. The predicted molar refractivity (Wildman–Crippen MR) is 118 cm³/mol. The molecular formula is C22H41N5. The number of unbranched alkanes of at least 4 members (excludes halogenated alkanes) is 12. The van der Waals surface area contributed by atoms with E-state index in [2.05, 4.69) is 29.0 Å². The Morgan fingerprint density at radius 2 is 1.07 bits per heavy atom. The van der Waals surface area contributed by atoms with Crippen molar-refractivity contribution >= 4 is 17.6 Å². The minimum atomic E-state index is 0.148. The third-order valence-electron chi connectivity index (χ3n) is 5.03. The van der Waals surface area contributed by atoms with E-state index in [1.54, 1.807) is 0 Å². The van der Waals surface area contributed by atoms with Crippen molar-refractivity contribution in [3.05, 3.63) is 17.7 Å². The number of aromatic nitrogens is 2. The van der Waals surface area contributed by atoms with Crippen molar-refractivity contribution in [3.8, 4) is 0 Å². The summed E-state index contributed by atoms with van der Waals surface area (Å²) in [5.74, 6) is 0.996. The van der Waals surface area contributed by atoms with Crippen molar-refractivity contribution in [2.45, 2.75) is 103 Å². The van der Waals surface area contributed by atoms with Crippen molar-refractivity contribution in [1.82, 2.24) is 9.97 Å². The molecule has 0 saturated carbocycles. The van der Waals surface area contributed by atoms with Crippen LogP contribution in [0, 0.1) is 0 Å². The van der Waals surface area contributed by atoms with Gasteiger partial charge in [0.15, 0.2) is 0 Å². The molecule has 1 aromatic rings. The topological polar surface area (TPSA) is 104 Å². The predicted octanol–water partition coefficient (Wildman–Crippen LogP) is 5.80. The summed E-state index contributed by atoms with van der Waals surface area (Å²) in [5, 5.41) is 0. The Hall–Kier alpha value is -1.78. The number of hydrogen-bond acceptors (Lipinski definition) is 5. The van der Waals surface area contributed by atoms with Crippen LogP contribution in [-0.4, -0.2) is 9.97 Å². The second-order valence-corrected chi connectivity index (χ2v) is 7.52. The van der Waals surface area contributed by atoms with Crippen LogP contribution in [0.5, 0.6) is 0 Å². The van der Waals surface area contributed by atoms with Crippen LogP contribution in [0.15, 0.2) is 12.2 Å². The third-order valence-corrected chi connectivity index (χ3v) is 5.03. The minimum Gasteiger partial charge on any atom is -0.383 e. The van der Waals surface area contributed by atoms with E-state index in [4.69, 9.17) is 17.2 Å². The van der Waals surface area contributed by atoms with E-state index in [0.29, 0.717) is 11.6 Å². The molecule has 0 fully saturated rings. The molecule has 0 bridgehead atoms. The fourth-order valence-electron chi connectivity index (χ4n) is 3.34. The van der Waals surface area contributed by atoms with E-state index in [1.165, 1.54) is 83.5 Å². The highest BCUT2D eigenvalue weighted by Crippen LogP contribution is 2.20. The second-order valence-electron chi connectivity index (χ2n) is 7.52. The molecule has 1 heterocycles. The highest BCUT2D eigenvalue weighted by molar-refractivity contribution is 5.55. The van der Waals surface area contributed by atoms with Gasteiger partial charge >= 0.3 is 0 Å². The zero-order valence-corrected chi connectivity index (χ0v) is 17.4. The van der Waals surface area contributed by atoms with Gasteiger partial charge in [-0.3, -0.25) is 0 Å². The summed E-state index contributed by atoms with van der Waals surface area (Å²) in [6, 6.07) is 0. The van der Waals surface area contributed by atoms with Crippen LogP contribution in [0.4, 0.5) is 17.6 Å². The monoisotopic (exact) mass is 375 g/mol. The molecule has 0 radical (unpaired) electrons. The fraction of sp³-hybridized carbons (Fsp3) is 0.727.